The summed E-state index contributed by atoms with van der Waals surface area (Å²) in [6, 6.07) is 10.7. The van der Waals surface area contributed by atoms with Crippen LogP contribution in [0.4, 0.5) is 0 Å². The molecule has 2 aliphatic rings. The van der Waals surface area contributed by atoms with Gasteiger partial charge in [0.05, 0.1) is 12.0 Å². The Labute approximate surface area is 130 Å². The highest BCUT2D eigenvalue weighted by Crippen LogP contribution is 2.44. The third kappa shape index (κ3) is 2.35. The van der Waals surface area contributed by atoms with E-state index < -0.39 is 0 Å². The maximum Gasteiger partial charge on any atom is 0.237 e. The SMILES string of the molecule is c1ccc(C2(c3nc([C@@H]4CCOC4)no3)CCCCC2)cc1. The molecule has 1 aliphatic carbocycles. The number of hydrogen-bond acceptors (Lipinski definition) is 4. The second-order valence-electron chi connectivity index (χ2n) is 6.53. The van der Waals surface area contributed by atoms with Crippen molar-refractivity contribution in [3.63, 3.8) is 0 Å². The number of nitrogens with zero attached hydrogens (tertiary/aromatic N) is 2. The molecule has 0 spiro atoms. The highest BCUT2D eigenvalue weighted by Gasteiger charge is 2.41. The topological polar surface area (TPSA) is 48.2 Å². The van der Waals surface area contributed by atoms with Crippen molar-refractivity contribution in [2.75, 3.05) is 13.2 Å². The summed E-state index contributed by atoms with van der Waals surface area (Å²) < 4.78 is 11.2. The lowest BCUT2D eigenvalue weighted by atomic mass is 9.69. The molecule has 2 heterocycles. The van der Waals surface area contributed by atoms with Crippen LogP contribution in [0, 0.1) is 0 Å². The molecular formula is C18H22N2O2. The van der Waals surface area contributed by atoms with Crippen LogP contribution in [0.2, 0.25) is 0 Å². The van der Waals surface area contributed by atoms with Gasteiger partial charge in [-0.2, -0.15) is 4.98 Å². The molecule has 1 aliphatic heterocycles. The molecule has 4 nitrogen and oxygen atoms in total. The Morgan fingerprint density at radius 2 is 1.86 bits per heavy atom. The predicted octanol–water partition coefficient (Wildman–Crippen LogP) is 3.82. The van der Waals surface area contributed by atoms with Gasteiger partial charge in [-0.15, -0.1) is 0 Å². The molecule has 22 heavy (non-hydrogen) atoms. The number of hydrogen-bond donors (Lipinski definition) is 0. The zero-order valence-electron chi connectivity index (χ0n) is 12.8. The normalized spacial score (nSPS) is 24.5. The number of aromatic nitrogens is 2. The van der Waals surface area contributed by atoms with Gasteiger partial charge in [-0.05, 0) is 24.8 Å². The summed E-state index contributed by atoms with van der Waals surface area (Å²) in [6.45, 7) is 1.52. The van der Waals surface area contributed by atoms with E-state index >= 15 is 0 Å². The molecular weight excluding hydrogens is 276 g/mol. The minimum Gasteiger partial charge on any atom is -0.381 e. The molecule has 2 aromatic rings. The average molecular weight is 298 g/mol. The molecule has 0 unspecified atom stereocenters. The Balaban J connectivity index is 1.72. The van der Waals surface area contributed by atoms with Crippen LogP contribution in [0.15, 0.2) is 34.9 Å². The quantitative estimate of drug-likeness (QED) is 0.864. The summed E-state index contributed by atoms with van der Waals surface area (Å²) in [5.74, 6) is 1.93. The molecule has 1 saturated carbocycles. The fraction of sp³-hybridized carbons (Fsp3) is 0.556. The molecule has 116 valence electrons. The van der Waals surface area contributed by atoms with Gasteiger partial charge in [0.15, 0.2) is 5.82 Å². The maximum absolute atomic E-state index is 5.76. The van der Waals surface area contributed by atoms with Gasteiger partial charge >= 0.3 is 0 Å². The summed E-state index contributed by atoms with van der Waals surface area (Å²) in [5, 5.41) is 4.28. The van der Waals surface area contributed by atoms with Gasteiger partial charge in [-0.3, -0.25) is 0 Å². The van der Waals surface area contributed by atoms with Gasteiger partial charge in [-0.1, -0.05) is 54.8 Å². The van der Waals surface area contributed by atoms with Crippen molar-refractivity contribution in [1.29, 1.82) is 0 Å². The second-order valence-corrected chi connectivity index (χ2v) is 6.53. The van der Waals surface area contributed by atoms with Crippen LogP contribution in [0.3, 0.4) is 0 Å². The van der Waals surface area contributed by atoms with Crippen molar-refractivity contribution in [3.8, 4) is 0 Å². The number of benzene rings is 1. The highest BCUT2D eigenvalue weighted by atomic mass is 16.5. The first kappa shape index (κ1) is 13.9. The van der Waals surface area contributed by atoms with E-state index in [0.29, 0.717) is 5.92 Å². The predicted molar refractivity (Wildman–Crippen MR) is 82.8 cm³/mol. The molecule has 0 bridgehead atoms. The molecule has 0 N–H and O–H groups in total. The van der Waals surface area contributed by atoms with E-state index in [2.05, 4.69) is 35.5 Å². The van der Waals surface area contributed by atoms with E-state index in [4.69, 9.17) is 14.2 Å². The van der Waals surface area contributed by atoms with Crippen LogP contribution in [-0.4, -0.2) is 23.4 Å². The smallest absolute Gasteiger partial charge is 0.237 e. The Kier molecular flexibility index (Phi) is 3.70. The van der Waals surface area contributed by atoms with Crippen LogP contribution in [0.25, 0.3) is 0 Å². The van der Waals surface area contributed by atoms with E-state index in [0.717, 1.165) is 44.2 Å². The van der Waals surface area contributed by atoms with Crippen molar-refractivity contribution in [3.05, 3.63) is 47.6 Å². The van der Waals surface area contributed by atoms with E-state index in [1.54, 1.807) is 0 Å². The Morgan fingerprint density at radius 3 is 2.59 bits per heavy atom. The van der Waals surface area contributed by atoms with Crippen molar-refractivity contribution in [2.24, 2.45) is 0 Å². The first-order chi connectivity index (χ1) is 10.9. The Hall–Kier alpha value is -1.68. The molecule has 1 aromatic carbocycles. The van der Waals surface area contributed by atoms with Gasteiger partial charge in [0.1, 0.15) is 0 Å². The van der Waals surface area contributed by atoms with E-state index in [1.165, 1.54) is 24.8 Å². The molecule has 2 fully saturated rings. The maximum atomic E-state index is 5.76. The van der Waals surface area contributed by atoms with Crippen molar-refractivity contribution in [1.82, 2.24) is 10.1 Å². The fourth-order valence-electron chi connectivity index (χ4n) is 3.87. The van der Waals surface area contributed by atoms with Crippen molar-refractivity contribution >= 4 is 0 Å². The monoisotopic (exact) mass is 298 g/mol. The molecule has 0 amide bonds. The summed E-state index contributed by atoms with van der Waals surface area (Å²) in [5.41, 5.74) is 1.22. The van der Waals surface area contributed by atoms with E-state index in [1.807, 2.05) is 0 Å². The van der Waals surface area contributed by atoms with E-state index in [9.17, 15) is 0 Å². The van der Waals surface area contributed by atoms with Crippen molar-refractivity contribution in [2.45, 2.75) is 49.9 Å². The molecule has 0 radical (unpaired) electrons. The van der Waals surface area contributed by atoms with Crippen molar-refractivity contribution < 1.29 is 9.26 Å². The van der Waals surface area contributed by atoms with Gasteiger partial charge in [-0.25, -0.2) is 0 Å². The summed E-state index contributed by atoms with van der Waals surface area (Å²) in [4.78, 5) is 4.81. The summed E-state index contributed by atoms with van der Waals surface area (Å²) in [7, 11) is 0. The standard InChI is InChI=1S/C18H22N2O2/c1-3-7-15(8-4-1)18(10-5-2-6-11-18)17-19-16(20-22-17)14-9-12-21-13-14/h1,3-4,7-8,14H,2,5-6,9-13H2/t14-/m1/s1. The first-order valence-electron chi connectivity index (χ1n) is 8.36. The lowest BCUT2D eigenvalue weighted by Crippen LogP contribution is -2.31. The van der Waals surface area contributed by atoms with Gasteiger partial charge in [0.2, 0.25) is 5.89 Å². The van der Waals surface area contributed by atoms with Crippen LogP contribution < -0.4 is 0 Å². The molecule has 4 rings (SSSR count). The van der Waals surface area contributed by atoms with Crippen LogP contribution in [-0.2, 0) is 10.2 Å². The third-order valence-corrected chi connectivity index (χ3v) is 5.18. The Bertz CT molecular complexity index is 611. The van der Waals surface area contributed by atoms with Gasteiger partial charge in [0.25, 0.3) is 0 Å². The highest BCUT2D eigenvalue weighted by molar-refractivity contribution is 5.32. The van der Waals surface area contributed by atoms with E-state index in [-0.39, 0.29) is 5.41 Å². The Morgan fingerprint density at radius 1 is 1.05 bits per heavy atom. The number of rotatable bonds is 3. The summed E-state index contributed by atoms with van der Waals surface area (Å²) >= 11 is 0. The third-order valence-electron chi connectivity index (χ3n) is 5.18. The molecule has 4 heteroatoms. The van der Waals surface area contributed by atoms with Gasteiger partial charge < -0.3 is 9.26 Å². The minimum absolute atomic E-state index is 0.0930. The van der Waals surface area contributed by atoms with Crippen LogP contribution in [0.1, 0.15) is 61.7 Å². The first-order valence-corrected chi connectivity index (χ1v) is 8.36. The van der Waals surface area contributed by atoms with Gasteiger partial charge in [0, 0.05) is 12.5 Å². The zero-order chi connectivity index (χ0) is 14.8. The largest absolute Gasteiger partial charge is 0.381 e. The zero-order valence-corrected chi connectivity index (χ0v) is 12.8. The minimum atomic E-state index is -0.0930. The average Bonchev–Trinajstić information content (AvgIpc) is 3.28. The molecule has 1 saturated heterocycles. The number of ether oxygens (including phenoxy) is 1. The lowest BCUT2D eigenvalue weighted by molar-refractivity contribution is 0.192. The van der Waals surface area contributed by atoms with Crippen LogP contribution >= 0.6 is 0 Å². The lowest BCUT2D eigenvalue weighted by Gasteiger charge is -2.34. The van der Waals surface area contributed by atoms with Crippen LogP contribution in [0.5, 0.6) is 0 Å². The second kappa shape index (κ2) is 5.84. The molecule has 1 aromatic heterocycles. The fourth-order valence-corrected chi connectivity index (χ4v) is 3.87. The summed E-state index contributed by atoms with van der Waals surface area (Å²) in [6.07, 6.45) is 6.93. The molecule has 1 atom stereocenters.